The zero-order valence-corrected chi connectivity index (χ0v) is 11.7. The van der Waals surface area contributed by atoms with Crippen molar-refractivity contribution in [3.8, 4) is 0 Å². The molecule has 2 heterocycles. The predicted octanol–water partition coefficient (Wildman–Crippen LogP) is 2.45. The van der Waals surface area contributed by atoms with E-state index in [4.69, 9.17) is 10.6 Å². The van der Waals surface area contributed by atoms with Crippen LogP contribution in [0.2, 0.25) is 0 Å². The van der Waals surface area contributed by atoms with Gasteiger partial charge in [0.15, 0.2) is 0 Å². The third-order valence-corrected chi connectivity index (χ3v) is 4.69. The summed E-state index contributed by atoms with van der Waals surface area (Å²) in [6.45, 7) is 2.12. The summed E-state index contributed by atoms with van der Waals surface area (Å²) in [5, 5.41) is 2.10. The smallest absolute Gasteiger partial charge is 0.0749 e. The van der Waals surface area contributed by atoms with Crippen LogP contribution < -0.4 is 11.3 Å². The first kappa shape index (κ1) is 12.5. The van der Waals surface area contributed by atoms with E-state index in [1.165, 1.54) is 4.88 Å². The van der Waals surface area contributed by atoms with Gasteiger partial charge >= 0.3 is 0 Å². The van der Waals surface area contributed by atoms with Gasteiger partial charge in [-0.3, -0.25) is 11.3 Å². The van der Waals surface area contributed by atoms with Gasteiger partial charge in [-0.25, -0.2) is 0 Å². The van der Waals surface area contributed by atoms with E-state index >= 15 is 0 Å². The molecule has 3 N–H and O–H groups in total. The second-order valence-electron chi connectivity index (χ2n) is 4.27. The summed E-state index contributed by atoms with van der Waals surface area (Å²) >= 11 is 5.22. The van der Waals surface area contributed by atoms with Crippen molar-refractivity contribution in [1.29, 1.82) is 0 Å². The van der Waals surface area contributed by atoms with Crippen LogP contribution in [0.5, 0.6) is 0 Å². The average molecular weight is 305 g/mol. The van der Waals surface area contributed by atoms with Crippen molar-refractivity contribution in [3.63, 3.8) is 0 Å². The molecule has 0 saturated carbocycles. The van der Waals surface area contributed by atoms with E-state index < -0.39 is 0 Å². The minimum Gasteiger partial charge on any atom is -0.374 e. The molecule has 0 amide bonds. The van der Waals surface area contributed by atoms with Crippen molar-refractivity contribution in [2.45, 2.75) is 44.4 Å². The second kappa shape index (κ2) is 5.60. The molecule has 16 heavy (non-hydrogen) atoms. The third-order valence-electron chi connectivity index (χ3n) is 2.97. The normalized spacial score (nSPS) is 27.2. The maximum atomic E-state index is 5.84. The van der Waals surface area contributed by atoms with E-state index in [2.05, 4.69) is 39.7 Å². The lowest BCUT2D eigenvalue weighted by Crippen LogP contribution is -2.45. The summed E-state index contributed by atoms with van der Waals surface area (Å²) in [4.78, 5) is 1.33. The molecule has 0 radical (unpaired) electrons. The Labute approximate surface area is 108 Å². The van der Waals surface area contributed by atoms with E-state index in [9.17, 15) is 0 Å². The SMILES string of the molecule is CC1CCC(C(Cc2cc(Br)cs2)NN)O1. The molecule has 0 bridgehead atoms. The standard InChI is InChI=1S/C11H17BrN2OS/c1-7-2-3-11(15-7)10(14-13)5-9-4-8(12)6-16-9/h4,6-7,10-11,14H,2-3,5,13H2,1H3. The number of nitrogens with one attached hydrogen (secondary N) is 1. The Hall–Kier alpha value is 0.0600. The lowest BCUT2D eigenvalue weighted by atomic mass is 10.0. The first-order valence-electron chi connectivity index (χ1n) is 5.53. The maximum Gasteiger partial charge on any atom is 0.0749 e. The monoisotopic (exact) mass is 304 g/mol. The van der Waals surface area contributed by atoms with Gasteiger partial charge in [0.2, 0.25) is 0 Å². The van der Waals surface area contributed by atoms with Crippen LogP contribution >= 0.6 is 27.3 Å². The maximum absolute atomic E-state index is 5.84. The van der Waals surface area contributed by atoms with Crippen molar-refractivity contribution >= 4 is 27.3 Å². The largest absolute Gasteiger partial charge is 0.374 e. The molecule has 90 valence electrons. The summed E-state index contributed by atoms with van der Waals surface area (Å²) in [5.74, 6) is 5.62. The Kier molecular flexibility index (Phi) is 4.38. The summed E-state index contributed by atoms with van der Waals surface area (Å²) in [5.41, 5.74) is 2.89. The van der Waals surface area contributed by atoms with Gasteiger partial charge < -0.3 is 4.74 Å². The highest BCUT2D eigenvalue weighted by molar-refractivity contribution is 9.10. The highest BCUT2D eigenvalue weighted by atomic mass is 79.9. The lowest BCUT2D eigenvalue weighted by Gasteiger charge is -2.22. The Morgan fingerprint density at radius 2 is 2.50 bits per heavy atom. The first-order chi connectivity index (χ1) is 7.69. The van der Waals surface area contributed by atoms with E-state index in [0.29, 0.717) is 6.10 Å². The second-order valence-corrected chi connectivity index (χ2v) is 6.18. The third kappa shape index (κ3) is 3.05. The van der Waals surface area contributed by atoms with Crippen LogP contribution in [0, 0.1) is 0 Å². The Morgan fingerprint density at radius 3 is 3.00 bits per heavy atom. The fourth-order valence-corrected chi connectivity index (χ4v) is 3.62. The van der Waals surface area contributed by atoms with E-state index in [1.807, 2.05) is 0 Å². The zero-order chi connectivity index (χ0) is 11.5. The van der Waals surface area contributed by atoms with Crippen LogP contribution in [-0.4, -0.2) is 18.2 Å². The molecule has 2 rings (SSSR count). The van der Waals surface area contributed by atoms with Crippen molar-refractivity contribution in [2.75, 3.05) is 0 Å². The summed E-state index contributed by atoms with van der Waals surface area (Å²) in [6.07, 6.45) is 3.79. The number of rotatable bonds is 4. The minimum absolute atomic E-state index is 0.218. The Bertz CT molecular complexity index is 344. The molecule has 1 aliphatic heterocycles. The molecule has 0 aromatic carbocycles. The van der Waals surface area contributed by atoms with Gasteiger partial charge in [-0.15, -0.1) is 11.3 Å². The fourth-order valence-electron chi connectivity index (χ4n) is 2.10. The number of thiophene rings is 1. The molecule has 1 aliphatic rings. The van der Waals surface area contributed by atoms with Crippen LogP contribution in [0.1, 0.15) is 24.6 Å². The summed E-state index contributed by atoms with van der Waals surface area (Å²) in [6, 6.07) is 2.36. The first-order valence-corrected chi connectivity index (χ1v) is 7.21. The molecule has 0 aliphatic carbocycles. The topological polar surface area (TPSA) is 47.3 Å². The van der Waals surface area contributed by atoms with Gasteiger partial charge in [0, 0.05) is 21.2 Å². The molecule has 1 saturated heterocycles. The summed E-state index contributed by atoms with van der Waals surface area (Å²) < 4.78 is 6.99. The zero-order valence-electron chi connectivity index (χ0n) is 9.28. The molecular weight excluding hydrogens is 288 g/mol. The highest BCUT2D eigenvalue weighted by Crippen LogP contribution is 2.26. The number of ether oxygens (including phenoxy) is 1. The van der Waals surface area contributed by atoms with Crippen molar-refractivity contribution in [2.24, 2.45) is 5.84 Å². The van der Waals surface area contributed by atoms with Crippen LogP contribution in [0.25, 0.3) is 0 Å². The van der Waals surface area contributed by atoms with Crippen molar-refractivity contribution in [3.05, 3.63) is 20.8 Å². The molecule has 3 nitrogen and oxygen atoms in total. The van der Waals surface area contributed by atoms with Gasteiger partial charge in [-0.2, -0.15) is 0 Å². The highest BCUT2D eigenvalue weighted by Gasteiger charge is 2.29. The number of hydrogen-bond acceptors (Lipinski definition) is 4. The summed E-state index contributed by atoms with van der Waals surface area (Å²) in [7, 11) is 0. The molecule has 1 aromatic rings. The van der Waals surface area contributed by atoms with Gasteiger partial charge in [-0.05, 0) is 41.8 Å². The molecule has 0 spiro atoms. The van der Waals surface area contributed by atoms with Crippen LogP contribution in [0.3, 0.4) is 0 Å². The molecule has 1 aromatic heterocycles. The van der Waals surface area contributed by atoms with Gasteiger partial charge in [0.1, 0.15) is 0 Å². The quantitative estimate of drug-likeness (QED) is 0.663. The number of halogens is 1. The van der Waals surface area contributed by atoms with Crippen LogP contribution in [0.15, 0.2) is 15.9 Å². The van der Waals surface area contributed by atoms with E-state index in [-0.39, 0.29) is 12.1 Å². The van der Waals surface area contributed by atoms with E-state index in [0.717, 1.165) is 23.7 Å². The molecule has 5 heteroatoms. The van der Waals surface area contributed by atoms with E-state index in [1.54, 1.807) is 11.3 Å². The Balaban J connectivity index is 1.95. The molecule has 1 fully saturated rings. The molecular formula is C11H17BrN2OS. The van der Waals surface area contributed by atoms with Crippen LogP contribution in [-0.2, 0) is 11.2 Å². The van der Waals surface area contributed by atoms with Gasteiger partial charge in [0.05, 0.1) is 18.2 Å². The average Bonchev–Trinajstić information content (AvgIpc) is 2.84. The minimum atomic E-state index is 0.218. The molecule has 3 atom stereocenters. The fraction of sp³-hybridized carbons (Fsp3) is 0.636. The van der Waals surface area contributed by atoms with Crippen LogP contribution in [0.4, 0.5) is 0 Å². The Morgan fingerprint density at radius 1 is 1.69 bits per heavy atom. The van der Waals surface area contributed by atoms with Gasteiger partial charge in [0.25, 0.3) is 0 Å². The van der Waals surface area contributed by atoms with Gasteiger partial charge in [-0.1, -0.05) is 0 Å². The number of hydrogen-bond donors (Lipinski definition) is 2. The number of nitrogens with two attached hydrogens (primary N) is 1. The predicted molar refractivity (Wildman–Crippen MR) is 70.4 cm³/mol. The van der Waals surface area contributed by atoms with Crippen molar-refractivity contribution in [1.82, 2.24) is 5.43 Å². The lowest BCUT2D eigenvalue weighted by molar-refractivity contribution is 0.0322. The number of hydrazine groups is 1. The molecule has 3 unspecified atom stereocenters. The van der Waals surface area contributed by atoms with Crippen molar-refractivity contribution < 1.29 is 4.74 Å².